The van der Waals surface area contributed by atoms with Gasteiger partial charge in [-0.15, -0.1) is 13.2 Å². The SMILES string of the molecule is CCC(CC)c1ccc(Cl)c2nc(Oc3c(Cl)cc(OC(F)(F)F)cc3S(C)(=O)=O)n(C)c12. The smallest absolute Gasteiger partial charge is 0.422 e. The molecule has 0 spiro atoms. The fourth-order valence-corrected chi connectivity index (χ4v) is 4.97. The number of benzene rings is 2. The number of halogens is 5. The van der Waals surface area contributed by atoms with Crippen LogP contribution in [0.3, 0.4) is 0 Å². The molecule has 2 aromatic carbocycles. The van der Waals surface area contributed by atoms with E-state index in [9.17, 15) is 21.6 Å². The molecule has 33 heavy (non-hydrogen) atoms. The highest BCUT2D eigenvalue weighted by Gasteiger charge is 2.33. The molecule has 0 saturated carbocycles. The molecule has 180 valence electrons. The van der Waals surface area contributed by atoms with E-state index in [2.05, 4.69) is 23.6 Å². The van der Waals surface area contributed by atoms with Crippen molar-refractivity contribution >= 4 is 44.1 Å². The summed E-state index contributed by atoms with van der Waals surface area (Å²) in [6, 6.07) is 5.14. The van der Waals surface area contributed by atoms with Crippen LogP contribution in [0.2, 0.25) is 10.0 Å². The van der Waals surface area contributed by atoms with Crippen LogP contribution >= 0.6 is 23.2 Å². The average molecular weight is 525 g/mol. The molecule has 0 saturated heterocycles. The molecule has 3 aromatic rings. The van der Waals surface area contributed by atoms with Gasteiger partial charge in [0, 0.05) is 25.4 Å². The summed E-state index contributed by atoms with van der Waals surface area (Å²) in [5.74, 6) is -0.932. The van der Waals surface area contributed by atoms with Gasteiger partial charge in [0.05, 0.1) is 15.6 Å². The predicted octanol–water partition coefficient (Wildman–Crippen LogP) is 6.88. The van der Waals surface area contributed by atoms with Gasteiger partial charge in [-0.2, -0.15) is 4.98 Å². The predicted molar refractivity (Wildman–Crippen MR) is 120 cm³/mol. The lowest BCUT2D eigenvalue weighted by molar-refractivity contribution is -0.274. The van der Waals surface area contributed by atoms with Crippen LogP contribution in [0.25, 0.3) is 11.0 Å². The second-order valence-electron chi connectivity index (χ2n) is 7.46. The van der Waals surface area contributed by atoms with Gasteiger partial charge in [-0.3, -0.25) is 4.57 Å². The number of imidazole rings is 1. The second-order valence-corrected chi connectivity index (χ2v) is 10.3. The van der Waals surface area contributed by atoms with Crippen molar-refractivity contribution in [3.63, 3.8) is 0 Å². The number of sulfone groups is 1. The lowest BCUT2D eigenvalue weighted by Gasteiger charge is -2.16. The Balaban J connectivity index is 2.19. The Morgan fingerprint density at radius 1 is 1.12 bits per heavy atom. The molecule has 0 unspecified atom stereocenters. The third-order valence-corrected chi connectivity index (χ3v) is 6.89. The number of fused-ring (bicyclic) bond motifs is 1. The normalized spacial score (nSPS) is 12.5. The third kappa shape index (κ3) is 5.33. The minimum absolute atomic E-state index is 0.0263. The first-order valence-corrected chi connectivity index (χ1v) is 12.5. The zero-order chi connectivity index (χ0) is 24.7. The van der Waals surface area contributed by atoms with Crippen molar-refractivity contribution in [3.8, 4) is 17.5 Å². The van der Waals surface area contributed by atoms with Gasteiger partial charge in [0.25, 0.3) is 0 Å². The lowest BCUT2D eigenvalue weighted by atomic mass is 9.93. The minimum atomic E-state index is -5.03. The Morgan fingerprint density at radius 3 is 2.30 bits per heavy atom. The molecule has 3 rings (SSSR count). The zero-order valence-electron chi connectivity index (χ0n) is 18.1. The van der Waals surface area contributed by atoms with E-state index in [0.29, 0.717) is 22.1 Å². The summed E-state index contributed by atoms with van der Waals surface area (Å²) in [4.78, 5) is 3.83. The first-order chi connectivity index (χ1) is 15.3. The molecule has 1 heterocycles. The molecule has 0 fully saturated rings. The first-order valence-electron chi connectivity index (χ1n) is 9.88. The molecule has 0 bridgehead atoms. The molecule has 0 atom stereocenters. The highest BCUT2D eigenvalue weighted by Crippen LogP contribution is 2.42. The van der Waals surface area contributed by atoms with E-state index >= 15 is 0 Å². The Bertz CT molecular complexity index is 1300. The van der Waals surface area contributed by atoms with Crippen molar-refractivity contribution in [2.75, 3.05) is 6.26 Å². The maximum atomic E-state index is 12.6. The van der Waals surface area contributed by atoms with E-state index in [1.165, 1.54) is 0 Å². The molecule has 1 aromatic heterocycles. The summed E-state index contributed by atoms with van der Waals surface area (Å²) < 4.78 is 73.8. The van der Waals surface area contributed by atoms with Gasteiger partial charge < -0.3 is 9.47 Å². The largest absolute Gasteiger partial charge is 0.573 e. The zero-order valence-corrected chi connectivity index (χ0v) is 20.5. The Kier molecular flexibility index (Phi) is 7.12. The highest BCUT2D eigenvalue weighted by molar-refractivity contribution is 7.90. The van der Waals surface area contributed by atoms with E-state index in [-0.39, 0.29) is 17.7 Å². The average Bonchev–Trinajstić information content (AvgIpc) is 3.01. The molecule has 6 nitrogen and oxygen atoms in total. The number of alkyl halides is 3. The van der Waals surface area contributed by atoms with Gasteiger partial charge >= 0.3 is 12.4 Å². The summed E-state index contributed by atoms with van der Waals surface area (Å²) in [5.41, 5.74) is 2.15. The molecule has 0 aliphatic carbocycles. The molecule has 12 heteroatoms. The fourth-order valence-electron chi connectivity index (χ4n) is 3.65. The van der Waals surface area contributed by atoms with Crippen molar-refractivity contribution in [2.45, 2.75) is 43.9 Å². The second kappa shape index (κ2) is 9.23. The van der Waals surface area contributed by atoms with E-state index in [0.717, 1.165) is 30.7 Å². The van der Waals surface area contributed by atoms with Gasteiger partial charge in [-0.05, 0) is 30.4 Å². The number of hydrogen-bond donors (Lipinski definition) is 0. The van der Waals surface area contributed by atoms with Crippen LogP contribution in [-0.4, -0.2) is 30.6 Å². The van der Waals surface area contributed by atoms with Crippen molar-refractivity contribution in [1.82, 2.24) is 9.55 Å². The maximum absolute atomic E-state index is 12.6. The Hall–Kier alpha value is -2.17. The van der Waals surface area contributed by atoms with Gasteiger partial charge in [0.15, 0.2) is 15.6 Å². The minimum Gasteiger partial charge on any atom is -0.422 e. The summed E-state index contributed by atoms with van der Waals surface area (Å²) in [6.07, 6.45) is -2.46. The van der Waals surface area contributed by atoms with Crippen LogP contribution in [0, 0.1) is 0 Å². The van der Waals surface area contributed by atoms with E-state index in [4.69, 9.17) is 27.9 Å². The number of aromatic nitrogens is 2. The molecular weight excluding hydrogens is 504 g/mol. The Morgan fingerprint density at radius 2 is 1.76 bits per heavy atom. The van der Waals surface area contributed by atoms with Crippen LogP contribution < -0.4 is 9.47 Å². The number of nitrogens with zero attached hydrogens (tertiary/aromatic N) is 2. The van der Waals surface area contributed by atoms with Crippen LogP contribution in [-0.2, 0) is 16.9 Å². The number of hydrogen-bond acceptors (Lipinski definition) is 5. The van der Waals surface area contributed by atoms with Crippen LogP contribution in [0.4, 0.5) is 13.2 Å². The molecule has 0 N–H and O–H groups in total. The fraction of sp³-hybridized carbons (Fsp3) is 0.381. The molecule has 0 amide bonds. The van der Waals surface area contributed by atoms with E-state index < -0.39 is 31.9 Å². The molecule has 0 aliphatic heterocycles. The highest BCUT2D eigenvalue weighted by atomic mass is 35.5. The van der Waals surface area contributed by atoms with Gasteiger partial charge in [-0.25, -0.2) is 8.42 Å². The number of ether oxygens (including phenoxy) is 2. The van der Waals surface area contributed by atoms with Crippen LogP contribution in [0.15, 0.2) is 29.2 Å². The molecular formula is C21H21Cl2F3N2O4S. The standard InChI is InChI=1S/C21H21Cl2F3N2O4S/c1-5-11(6-2)13-7-8-14(22)17-18(13)28(3)20(27-17)31-19-15(23)9-12(32-21(24,25)26)10-16(19)33(4,29)30/h7-11H,5-6H2,1-4H3. The van der Waals surface area contributed by atoms with Gasteiger partial charge in [-0.1, -0.05) is 43.1 Å². The van der Waals surface area contributed by atoms with Crippen molar-refractivity contribution in [2.24, 2.45) is 7.05 Å². The number of aryl methyl sites for hydroxylation is 1. The van der Waals surface area contributed by atoms with Crippen molar-refractivity contribution in [3.05, 3.63) is 39.9 Å². The third-order valence-electron chi connectivity index (χ3n) is 5.20. The first kappa shape index (κ1) is 25.5. The monoisotopic (exact) mass is 524 g/mol. The van der Waals surface area contributed by atoms with Gasteiger partial charge in [0.2, 0.25) is 0 Å². The van der Waals surface area contributed by atoms with Crippen molar-refractivity contribution < 1.29 is 31.1 Å². The summed E-state index contributed by atoms with van der Waals surface area (Å²) in [5, 5.41) is -0.0240. The topological polar surface area (TPSA) is 70.4 Å². The van der Waals surface area contributed by atoms with Crippen LogP contribution in [0.5, 0.6) is 17.5 Å². The summed E-state index contributed by atoms with van der Waals surface area (Å²) in [6.45, 7) is 4.12. The van der Waals surface area contributed by atoms with E-state index in [1.807, 2.05) is 6.07 Å². The summed E-state index contributed by atoms with van der Waals surface area (Å²) in [7, 11) is -2.39. The molecule has 0 aliphatic rings. The number of rotatable bonds is 7. The van der Waals surface area contributed by atoms with E-state index in [1.54, 1.807) is 17.7 Å². The maximum Gasteiger partial charge on any atom is 0.573 e. The Labute approximate surface area is 199 Å². The van der Waals surface area contributed by atoms with Crippen molar-refractivity contribution in [1.29, 1.82) is 0 Å². The summed E-state index contributed by atoms with van der Waals surface area (Å²) >= 11 is 12.5. The van der Waals surface area contributed by atoms with Gasteiger partial charge in [0.1, 0.15) is 16.2 Å². The van der Waals surface area contributed by atoms with Crippen LogP contribution in [0.1, 0.15) is 38.2 Å². The molecule has 0 radical (unpaired) electrons. The quantitative estimate of drug-likeness (QED) is 0.337. The lowest BCUT2D eigenvalue weighted by Crippen LogP contribution is -2.17.